The van der Waals surface area contributed by atoms with Crippen molar-refractivity contribution in [2.24, 2.45) is 0 Å². The number of hydrogen-bond acceptors (Lipinski definition) is 21. The van der Waals surface area contributed by atoms with Gasteiger partial charge in [-0.05, 0) is 54.8 Å². The summed E-state index contributed by atoms with van der Waals surface area (Å²) in [4.78, 5) is 26.1. The standard InChI is InChI=1S/C37H48O21/c1-15-26(45)28(47)31(50)36(53-15)58-33-32(57-25(44)8-5-17-3-6-19(40)21(42)11-17)24(14-52-35-30(49)29(48)27(46)23(13-38)55-35)56-37(34(33)54-16(2)39)51-10-9-18-4-7-20(41)22(43)12-18/h3-8,11-12,15,23-24,26-38,40-43,45-50H,9-10,13-14H2,1-2H3/b8-5-. The third kappa shape index (κ3) is 10.7. The van der Waals surface area contributed by atoms with Crippen LogP contribution in [-0.2, 0) is 53.9 Å². The van der Waals surface area contributed by atoms with Crippen molar-refractivity contribution in [2.75, 3.05) is 19.8 Å². The molecule has 0 aliphatic carbocycles. The van der Waals surface area contributed by atoms with E-state index in [2.05, 4.69) is 0 Å². The van der Waals surface area contributed by atoms with Crippen LogP contribution in [0.4, 0.5) is 0 Å². The van der Waals surface area contributed by atoms with Crippen LogP contribution in [0.3, 0.4) is 0 Å². The van der Waals surface area contributed by atoms with E-state index >= 15 is 0 Å². The van der Waals surface area contributed by atoms with Crippen LogP contribution in [0.15, 0.2) is 42.5 Å². The van der Waals surface area contributed by atoms with Crippen LogP contribution in [-0.4, -0.2) is 180 Å². The highest BCUT2D eigenvalue weighted by molar-refractivity contribution is 5.87. The second-order valence-corrected chi connectivity index (χ2v) is 13.9. The molecule has 15 unspecified atom stereocenters. The molecule has 322 valence electrons. The van der Waals surface area contributed by atoms with Crippen LogP contribution >= 0.6 is 0 Å². The van der Waals surface area contributed by atoms with E-state index in [1.54, 1.807) is 0 Å². The Balaban J connectivity index is 1.50. The Hall–Kier alpha value is -4.20. The van der Waals surface area contributed by atoms with Crippen molar-refractivity contribution in [1.29, 1.82) is 0 Å². The molecule has 3 heterocycles. The zero-order chi connectivity index (χ0) is 42.4. The third-order valence-corrected chi connectivity index (χ3v) is 9.64. The topological polar surface area (TPSA) is 331 Å². The summed E-state index contributed by atoms with van der Waals surface area (Å²) in [6, 6.07) is 7.70. The van der Waals surface area contributed by atoms with E-state index in [0.717, 1.165) is 19.1 Å². The van der Waals surface area contributed by atoms with E-state index < -0.39 is 135 Å². The molecule has 15 atom stereocenters. The van der Waals surface area contributed by atoms with Gasteiger partial charge in [-0.2, -0.15) is 0 Å². The van der Waals surface area contributed by atoms with Crippen molar-refractivity contribution in [2.45, 2.75) is 112 Å². The summed E-state index contributed by atoms with van der Waals surface area (Å²) in [6.07, 6.45) is -22.8. The SMILES string of the molecule is CC(=O)OC1C(OCCc2ccc(O)c(O)c2)OC(COC2OC(CO)C(O)C(O)C2O)C(OC(=O)/C=C\c2ccc(O)c(O)c2)C1OC1OC(C)C(O)C(O)C1O. The smallest absolute Gasteiger partial charge is 0.331 e. The lowest BCUT2D eigenvalue weighted by molar-refractivity contribution is -0.364. The maximum atomic E-state index is 13.5. The van der Waals surface area contributed by atoms with Gasteiger partial charge in [-0.3, -0.25) is 4.79 Å². The second-order valence-electron chi connectivity index (χ2n) is 13.9. The van der Waals surface area contributed by atoms with Gasteiger partial charge in [0.1, 0.15) is 54.9 Å². The van der Waals surface area contributed by atoms with Crippen LogP contribution in [0, 0.1) is 0 Å². The zero-order valence-corrected chi connectivity index (χ0v) is 31.1. The molecule has 3 aliphatic heterocycles. The van der Waals surface area contributed by atoms with Crippen LogP contribution < -0.4 is 0 Å². The highest BCUT2D eigenvalue weighted by atomic mass is 16.8. The molecule has 0 bridgehead atoms. The third-order valence-electron chi connectivity index (χ3n) is 9.64. The van der Waals surface area contributed by atoms with Crippen molar-refractivity contribution >= 4 is 18.0 Å². The van der Waals surface area contributed by atoms with Gasteiger partial charge >= 0.3 is 11.9 Å². The Bertz CT molecular complexity index is 1720. The Kier molecular flexibility index (Phi) is 15.2. The normalized spacial score (nSPS) is 35.4. The van der Waals surface area contributed by atoms with E-state index in [-0.39, 0.29) is 24.3 Å². The molecule has 58 heavy (non-hydrogen) atoms. The Morgan fingerprint density at radius 3 is 1.97 bits per heavy atom. The molecular weight excluding hydrogens is 780 g/mol. The highest BCUT2D eigenvalue weighted by Crippen LogP contribution is 2.35. The molecule has 0 saturated carbocycles. The van der Waals surface area contributed by atoms with Crippen LogP contribution in [0.5, 0.6) is 23.0 Å². The second kappa shape index (κ2) is 19.7. The molecule has 2 aromatic rings. The molecule has 21 nitrogen and oxygen atoms in total. The summed E-state index contributed by atoms with van der Waals surface area (Å²) in [5, 5.41) is 112. The number of phenols is 4. The summed E-state index contributed by atoms with van der Waals surface area (Å²) in [6.45, 7) is 0.703. The predicted molar refractivity (Wildman–Crippen MR) is 189 cm³/mol. The molecule has 0 aromatic heterocycles. The van der Waals surface area contributed by atoms with Gasteiger partial charge in [0, 0.05) is 13.0 Å². The lowest BCUT2D eigenvalue weighted by atomic mass is 9.96. The van der Waals surface area contributed by atoms with Gasteiger partial charge in [0.15, 0.2) is 54.1 Å². The van der Waals surface area contributed by atoms with Crippen molar-refractivity contribution in [1.82, 2.24) is 0 Å². The molecule has 0 radical (unpaired) electrons. The van der Waals surface area contributed by atoms with Crippen molar-refractivity contribution in [3.63, 3.8) is 0 Å². The van der Waals surface area contributed by atoms with Gasteiger partial charge in [-0.15, -0.1) is 0 Å². The number of aliphatic hydroxyl groups is 7. The quantitative estimate of drug-likeness (QED) is 0.0527. The number of aromatic hydroxyl groups is 4. The molecule has 2 aromatic carbocycles. The van der Waals surface area contributed by atoms with Crippen LogP contribution in [0.25, 0.3) is 6.08 Å². The van der Waals surface area contributed by atoms with E-state index in [1.807, 2.05) is 0 Å². The zero-order valence-electron chi connectivity index (χ0n) is 31.1. The van der Waals surface area contributed by atoms with Gasteiger partial charge < -0.3 is 94.1 Å². The van der Waals surface area contributed by atoms with Gasteiger partial charge in [0.25, 0.3) is 0 Å². The number of ether oxygens (including phenoxy) is 8. The maximum Gasteiger partial charge on any atom is 0.331 e. The number of carbonyl (C=O) groups is 2. The minimum absolute atomic E-state index is 0.0835. The number of benzene rings is 2. The molecule has 0 spiro atoms. The van der Waals surface area contributed by atoms with E-state index in [0.29, 0.717) is 5.56 Å². The van der Waals surface area contributed by atoms with Gasteiger partial charge in [-0.1, -0.05) is 12.1 Å². The molecule has 5 rings (SSSR count). The number of carbonyl (C=O) groups excluding carboxylic acids is 2. The summed E-state index contributed by atoms with van der Waals surface area (Å²) in [5.41, 5.74) is 0.738. The lowest BCUT2D eigenvalue weighted by Gasteiger charge is -2.48. The first-order valence-corrected chi connectivity index (χ1v) is 18.1. The minimum atomic E-state index is -1.92. The largest absolute Gasteiger partial charge is 0.504 e. The predicted octanol–water partition coefficient (Wildman–Crippen LogP) is -2.62. The molecule has 3 saturated heterocycles. The molecule has 3 fully saturated rings. The Morgan fingerprint density at radius 1 is 0.672 bits per heavy atom. The first-order chi connectivity index (χ1) is 27.5. The van der Waals surface area contributed by atoms with Crippen LogP contribution in [0.1, 0.15) is 25.0 Å². The monoisotopic (exact) mass is 828 g/mol. The van der Waals surface area contributed by atoms with Crippen LogP contribution in [0.2, 0.25) is 0 Å². The molecule has 0 amide bonds. The number of phenolic OH excluding ortho intramolecular Hbond substituents is 4. The molecule has 11 N–H and O–H groups in total. The summed E-state index contributed by atoms with van der Waals surface area (Å²) in [5.74, 6) is -3.70. The van der Waals surface area contributed by atoms with Crippen molar-refractivity contribution in [3.8, 4) is 23.0 Å². The number of hydrogen-bond donors (Lipinski definition) is 11. The van der Waals surface area contributed by atoms with Gasteiger partial charge in [0.2, 0.25) is 0 Å². The minimum Gasteiger partial charge on any atom is -0.504 e. The van der Waals surface area contributed by atoms with Gasteiger partial charge in [0.05, 0.1) is 25.9 Å². The van der Waals surface area contributed by atoms with E-state index in [4.69, 9.17) is 37.9 Å². The number of esters is 2. The number of rotatable bonds is 14. The fourth-order valence-electron chi connectivity index (χ4n) is 6.44. The van der Waals surface area contributed by atoms with Gasteiger partial charge in [-0.25, -0.2) is 4.79 Å². The van der Waals surface area contributed by atoms with Crippen molar-refractivity contribution < 1.29 is 104 Å². The fraction of sp³-hybridized carbons (Fsp3) is 0.568. The summed E-state index contributed by atoms with van der Waals surface area (Å²) in [7, 11) is 0. The van der Waals surface area contributed by atoms with Crippen molar-refractivity contribution in [3.05, 3.63) is 53.6 Å². The fourth-order valence-corrected chi connectivity index (χ4v) is 6.44. The molecular formula is C37H48O21. The highest BCUT2D eigenvalue weighted by Gasteiger charge is 2.55. The average Bonchev–Trinajstić information content (AvgIpc) is 3.18. The molecule has 21 heteroatoms. The average molecular weight is 829 g/mol. The first kappa shape index (κ1) is 44.9. The van der Waals surface area contributed by atoms with E-state index in [9.17, 15) is 65.8 Å². The Labute approximate surface area is 330 Å². The lowest BCUT2D eigenvalue weighted by Crippen LogP contribution is -2.66. The Morgan fingerprint density at radius 2 is 1.31 bits per heavy atom. The summed E-state index contributed by atoms with van der Waals surface area (Å²) >= 11 is 0. The van der Waals surface area contributed by atoms with E-state index in [1.165, 1.54) is 43.3 Å². The number of aliphatic hydroxyl groups excluding tert-OH is 7. The first-order valence-electron chi connectivity index (χ1n) is 18.1. The molecule has 3 aliphatic rings. The summed E-state index contributed by atoms with van der Waals surface area (Å²) < 4.78 is 46.6. The maximum absolute atomic E-state index is 13.5.